The highest BCUT2D eigenvalue weighted by Gasteiger charge is 1.98. The van der Waals surface area contributed by atoms with E-state index >= 15 is 0 Å². The van der Waals surface area contributed by atoms with E-state index in [1.165, 1.54) is 0 Å². The fourth-order valence-electron chi connectivity index (χ4n) is 0.192. The molecule has 0 rings (SSSR count). The van der Waals surface area contributed by atoms with Crippen LogP contribution in [0.5, 0.6) is 0 Å². The summed E-state index contributed by atoms with van der Waals surface area (Å²) in [6, 6.07) is 0. The second-order valence-electron chi connectivity index (χ2n) is 1.44. The molecule has 48 valence electrons. The summed E-state index contributed by atoms with van der Waals surface area (Å²) in [7, 11) is 0. The highest BCUT2D eigenvalue weighted by atomic mass is 15.0. The molecule has 0 aliphatic rings. The summed E-state index contributed by atoms with van der Waals surface area (Å²) in [5, 5.41) is 0. The normalized spacial score (nSPS) is 9.38. The van der Waals surface area contributed by atoms with Crippen LogP contribution in [0.2, 0.25) is 0 Å². The molecule has 0 saturated carbocycles. The van der Waals surface area contributed by atoms with Crippen LogP contribution in [0.15, 0.2) is 11.5 Å². The van der Waals surface area contributed by atoms with Crippen molar-refractivity contribution in [2.75, 3.05) is 0 Å². The SMILES string of the molecule is NC(N)=C(N)C(N)N. The van der Waals surface area contributed by atoms with Crippen molar-refractivity contribution in [2.24, 2.45) is 28.7 Å². The molecule has 0 aliphatic carbocycles. The van der Waals surface area contributed by atoms with Gasteiger partial charge in [0, 0.05) is 0 Å². The first-order valence-electron chi connectivity index (χ1n) is 2.07. The van der Waals surface area contributed by atoms with E-state index in [2.05, 4.69) is 0 Å². The van der Waals surface area contributed by atoms with E-state index in [0.717, 1.165) is 0 Å². The van der Waals surface area contributed by atoms with Gasteiger partial charge >= 0.3 is 0 Å². The van der Waals surface area contributed by atoms with Crippen LogP contribution in [0.3, 0.4) is 0 Å². The molecule has 0 atom stereocenters. The van der Waals surface area contributed by atoms with E-state index in [-0.39, 0.29) is 11.5 Å². The highest BCUT2D eigenvalue weighted by Crippen LogP contribution is 1.81. The summed E-state index contributed by atoms with van der Waals surface area (Å²) >= 11 is 0. The van der Waals surface area contributed by atoms with Gasteiger partial charge in [-0.1, -0.05) is 0 Å². The number of hydrogen-bond acceptors (Lipinski definition) is 5. The average Bonchev–Trinajstić information content (AvgIpc) is 1.64. The minimum atomic E-state index is -0.750. The first-order chi connectivity index (χ1) is 3.55. The smallest absolute Gasteiger partial charge is 0.116 e. The van der Waals surface area contributed by atoms with Crippen LogP contribution < -0.4 is 28.7 Å². The largest absolute Gasteiger partial charge is 0.397 e. The monoisotopic (exact) mass is 117 g/mol. The molecule has 0 radical (unpaired) electrons. The molecule has 0 bridgehead atoms. The minimum absolute atomic E-state index is 0.0139. The van der Waals surface area contributed by atoms with Crippen molar-refractivity contribution in [2.45, 2.75) is 6.17 Å². The van der Waals surface area contributed by atoms with E-state index in [1.807, 2.05) is 0 Å². The van der Waals surface area contributed by atoms with E-state index in [4.69, 9.17) is 28.7 Å². The van der Waals surface area contributed by atoms with Crippen LogP contribution in [0.1, 0.15) is 0 Å². The van der Waals surface area contributed by atoms with Gasteiger partial charge in [-0.3, -0.25) is 0 Å². The van der Waals surface area contributed by atoms with Crippen LogP contribution in [0, 0.1) is 0 Å². The van der Waals surface area contributed by atoms with Gasteiger partial charge < -0.3 is 28.7 Å². The molecule has 0 aromatic heterocycles. The summed E-state index contributed by atoms with van der Waals surface area (Å²) in [4.78, 5) is 0. The zero-order valence-corrected chi connectivity index (χ0v) is 4.46. The molecule has 0 amide bonds. The van der Waals surface area contributed by atoms with Gasteiger partial charge in [-0.05, 0) is 0 Å². The second-order valence-corrected chi connectivity index (χ2v) is 1.44. The quantitative estimate of drug-likeness (QED) is 0.238. The third-order valence-electron chi connectivity index (χ3n) is 0.692. The van der Waals surface area contributed by atoms with Crippen molar-refractivity contribution < 1.29 is 0 Å². The van der Waals surface area contributed by atoms with Crippen molar-refractivity contribution in [3.63, 3.8) is 0 Å². The fourth-order valence-corrected chi connectivity index (χ4v) is 0.192. The Morgan fingerprint density at radius 3 is 1.38 bits per heavy atom. The van der Waals surface area contributed by atoms with Crippen molar-refractivity contribution in [3.05, 3.63) is 11.5 Å². The van der Waals surface area contributed by atoms with Gasteiger partial charge in [0.15, 0.2) is 0 Å². The molecule has 0 aromatic rings. The Balaban J connectivity index is 4.00. The van der Waals surface area contributed by atoms with Gasteiger partial charge in [0.1, 0.15) is 5.82 Å². The Kier molecular flexibility index (Phi) is 2.11. The molecule has 10 N–H and O–H groups in total. The third-order valence-corrected chi connectivity index (χ3v) is 0.692. The van der Waals surface area contributed by atoms with Crippen LogP contribution in [-0.4, -0.2) is 6.17 Å². The van der Waals surface area contributed by atoms with Gasteiger partial charge in [0.2, 0.25) is 0 Å². The Labute approximate surface area is 47.5 Å². The summed E-state index contributed by atoms with van der Waals surface area (Å²) in [5.74, 6) is -0.0139. The molecule has 5 heteroatoms. The number of rotatable bonds is 1. The van der Waals surface area contributed by atoms with Crippen molar-refractivity contribution in [3.8, 4) is 0 Å². The molecule has 5 nitrogen and oxygen atoms in total. The second kappa shape index (κ2) is 2.39. The lowest BCUT2D eigenvalue weighted by Gasteiger charge is -2.05. The lowest BCUT2D eigenvalue weighted by atomic mass is 10.4. The molecule has 0 fully saturated rings. The predicted molar refractivity (Wildman–Crippen MR) is 31.8 cm³/mol. The van der Waals surface area contributed by atoms with Crippen molar-refractivity contribution in [1.82, 2.24) is 0 Å². The molecular weight excluding hydrogens is 106 g/mol. The molecule has 0 unspecified atom stereocenters. The van der Waals surface area contributed by atoms with Crippen LogP contribution in [0.25, 0.3) is 0 Å². The Hall–Kier alpha value is -0.940. The lowest BCUT2D eigenvalue weighted by Crippen LogP contribution is -2.39. The summed E-state index contributed by atoms with van der Waals surface area (Å²) in [5.41, 5.74) is 25.4. The molecule has 0 spiro atoms. The molecule has 0 saturated heterocycles. The molecule has 0 heterocycles. The Bertz CT molecular complexity index is 100. The van der Waals surface area contributed by atoms with E-state index in [1.54, 1.807) is 0 Å². The van der Waals surface area contributed by atoms with E-state index < -0.39 is 6.17 Å². The van der Waals surface area contributed by atoms with Crippen LogP contribution >= 0.6 is 0 Å². The molecular formula is C3H11N5. The zero-order valence-electron chi connectivity index (χ0n) is 4.46. The zero-order chi connectivity index (χ0) is 6.73. The maximum absolute atomic E-state index is 5.14. The lowest BCUT2D eigenvalue weighted by molar-refractivity contribution is 0.786. The van der Waals surface area contributed by atoms with Crippen molar-refractivity contribution in [1.29, 1.82) is 0 Å². The fraction of sp³-hybridized carbons (Fsp3) is 0.333. The van der Waals surface area contributed by atoms with Gasteiger partial charge in [-0.25, -0.2) is 0 Å². The topological polar surface area (TPSA) is 130 Å². The number of nitrogens with two attached hydrogens (primary N) is 5. The molecule has 0 aromatic carbocycles. The van der Waals surface area contributed by atoms with E-state index in [0.29, 0.717) is 0 Å². The highest BCUT2D eigenvalue weighted by molar-refractivity contribution is 5.08. The Morgan fingerprint density at radius 1 is 1.00 bits per heavy atom. The van der Waals surface area contributed by atoms with Gasteiger partial charge in [0.05, 0.1) is 11.9 Å². The third kappa shape index (κ3) is 1.67. The standard InChI is InChI=1S/C3H11N5/c4-1(2(5)6)3(7)8/h2H,4-8H2. The Morgan fingerprint density at radius 2 is 1.38 bits per heavy atom. The van der Waals surface area contributed by atoms with E-state index in [9.17, 15) is 0 Å². The average molecular weight is 117 g/mol. The maximum Gasteiger partial charge on any atom is 0.116 e. The predicted octanol–water partition coefficient (Wildman–Crippen LogP) is -2.72. The summed E-state index contributed by atoms with van der Waals surface area (Å²) in [6.07, 6.45) is -0.750. The minimum Gasteiger partial charge on any atom is -0.397 e. The molecule has 0 aliphatic heterocycles. The van der Waals surface area contributed by atoms with Crippen LogP contribution in [0.4, 0.5) is 0 Å². The molecule has 8 heavy (non-hydrogen) atoms. The van der Waals surface area contributed by atoms with Gasteiger partial charge in [-0.2, -0.15) is 0 Å². The summed E-state index contributed by atoms with van der Waals surface area (Å²) in [6.45, 7) is 0. The maximum atomic E-state index is 5.14. The first-order valence-corrected chi connectivity index (χ1v) is 2.07. The summed E-state index contributed by atoms with van der Waals surface area (Å²) < 4.78 is 0. The first kappa shape index (κ1) is 7.06. The van der Waals surface area contributed by atoms with Crippen LogP contribution in [-0.2, 0) is 0 Å². The van der Waals surface area contributed by atoms with Gasteiger partial charge in [-0.15, -0.1) is 0 Å². The van der Waals surface area contributed by atoms with Crippen molar-refractivity contribution >= 4 is 0 Å². The number of hydrogen-bond donors (Lipinski definition) is 5. The van der Waals surface area contributed by atoms with Gasteiger partial charge in [0.25, 0.3) is 0 Å².